The average Bonchev–Trinajstić information content (AvgIpc) is 2.87. The van der Waals surface area contributed by atoms with Gasteiger partial charge in [0.1, 0.15) is 6.04 Å². The maximum absolute atomic E-state index is 13.0. The van der Waals surface area contributed by atoms with Crippen molar-refractivity contribution in [3.63, 3.8) is 0 Å². The van der Waals surface area contributed by atoms with Crippen molar-refractivity contribution in [2.45, 2.75) is 63.7 Å². The van der Waals surface area contributed by atoms with Gasteiger partial charge in [-0.25, -0.2) is 4.79 Å². The van der Waals surface area contributed by atoms with Crippen molar-refractivity contribution in [3.05, 3.63) is 35.9 Å². The highest BCUT2D eigenvalue weighted by molar-refractivity contribution is 5.84. The molecule has 1 heterocycles. The first-order valence-corrected chi connectivity index (χ1v) is 12.0. The second kappa shape index (κ2) is 13.8. The molecule has 1 aliphatic heterocycles. The Balaban J connectivity index is 1.53. The number of hydrogen-bond donors (Lipinski definition) is 1. The Morgan fingerprint density at radius 1 is 1.15 bits per heavy atom. The van der Waals surface area contributed by atoms with Crippen LogP contribution in [0.4, 0.5) is 4.79 Å². The van der Waals surface area contributed by atoms with E-state index in [1.165, 1.54) is 19.3 Å². The Labute approximate surface area is 196 Å². The zero-order chi connectivity index (χ0) is 23.3. The smallest absolute Gasteiger partial charge is 0.410 e. The van der Waals surface area contributed by atoms with Crippen LogP contribution in [0.2, 0.25) is 0 Å². The molecule has 2 amide bonds. The van der Waals surface area contributed by atoms with Gasteiger partial charge in [-0.05, 0) is 24.3 Å². The van der Waals surface area contributed by atoms with Crippen LogP contribution in [0, 0.1) is 17.2 Å². The van der Waals surface area contributed by atoms with Gasteiger partial charge >= 0.3 is 6.09 Å². The van der Waals surface area contributed by atoms with Gasteiger partial charge in [0.15, 0.2) is 6.10 Å². The molecule has 1 aromatic carbocycles. The molecule has 8 heteroatoms. The Bertz CT molecular complexity index is 770. The third kappa shape index (κ3) is 8.67. The van der Waals surface area contributed by atoms with E-state index in [9.17, 15) is 14.9 Å². The second-order valence-corrected chi connectivity index (χ2v) is 8.74. The van der Waals surface area contributed by atoms with E-state index in [2.05, 4.69) is 11.4 Å². The molecule has 2 atom stereocenters. The van der Waals surface area contributed by atoms with Gasteiger partial charge in [-0.3, -0.25) is 4.79 Å². The summed E-state index contributed by atoms with van der Waals surface area (Å²) >= 11 is 0. The zero-order valence-corrected chi connectivity index (χ0v) is 19.2. The third-order valence-corrected chi connectivity index (χ3v) is 6.24. The number of benzene rings is 1. The molecular formula is C25H35N3O5. The largest absolute Gasteiger partial charge is 0.436 e. The predicted molar refractivity (Wildman–Crippen MR) is 122 cm³/mol. The molecule has 0 radical (unpaired) electrons. The quantitative estimate of drug-likeness (QED) is 0.578. The lowest BCUT2D eigenvalue weighted by Gasteiger charge is -2.29. The highest BCUT2D eigenvalue weighted by Gasteiger charge is 2.29. The van der Waals surface area contributed by atoms with E-state index in [1.807, 2.05) is 30.3 Å². The highest BCUT2D eigenvalue weighted by atomic mass is 16.6. The van der Waals surface area contributed by atoms with Gasteiger partial charge in [0, 0.05) is 13.1 Å². The van der Waals surface area contributed by atoms with Crippen LogP contribution in [0.5, 0.6) is 0 Å². The van der Waals surface area contributed by atoms with Crippen molar-refractivity contribution in [2.24, 2.45) is 5.92 Å². The maximum Gasteiger partial charge on any atom is 0.410 e. The minimum absolute atomic E-state index is 0.0594. The van der Waals surface area contributed by atoms with E-state index in [4.69, 9.17) is 14.2 Å². The van der Waals surface area contributed by atoms with Crippen LogP contribution in [-0.2, 0) is 25.6 Å². The minimum Gasteiger partial charge on any atom is -0.436 e. The fourth-order valence-electron chi connectivity index (χ4n) is 4.29. The second-order valence-electron chi connectivity index (χ2n) is 8.74. The van der Waals surface area contributed by atoms with Crippen LogP contribution in [0.3, 0.4) is 0 Å². The van der Waals surface area contributed by atoms with Gasteiger partial charge in [0.2, 0.25) is 0 Å². The summed E-state index contributed by atoms with van der Waals surface area (Å²) in [5.41, 5.74) is 0.991. The first-order valence-electron chi connectivity index (χ1n) is 12.0. The molecule has 33 heavy (non-hydrogen) atoms. The number of morpholine rings is 1. The summed E-state index contributed by atoms with van der Waals surface area (Å²) in [6.07, 6.45) is 5.85. The molecule has 1 saturated carbocycles. The number of nitrogens with zero attached hydrogens (tertiary/aromatic N) is 2. The van der Waals surface area contributed by atoms with Crippen molar-refractivity contribution in [3.8, 4) is 6.07 Å². The summed E-state index contributed by atoms with van der Waals surface area (Å²) in [5, 5.41) is 12.2. The van der Waals surface area contributed by atoms with Gasteiger partial charge in [0.25, 0.3) is 5.91 Å². The Kier molecular flexibility index (Phi) is 10.5. The lowest BCUT2D eigenvalue weighted by Crippen LogP contribution is -2.48. The third-order valence-electron chi connectivity index (χ3n) is 6.24. The van der Waals surface area contributed by atoms with Crippen LogP contribution in [-0.4, -0.2) is 62.0 Å². The first kappa shape index (κ1) is 25.0. The van der Waals surface area contributed by atoms with E-state index in [-0.39, 0.29) is 6.61 Å². The van der Waals surface area contributed by atoms with Crippen LogP contribution in [0.15, 0.2) is 30.3 Å². The van der Waals surface area contributed by atoms with Gasteiger partial charge in [-0.1, -0.05) is 62.4 Å². The molecule has 0 bridgehead atoms. The molecule has 2 fully saturated rings. The number of ether oxygens (including phenoxy) is 3. The Morgan fingerprint density at radius 2 is 1.88 bits per heavy atom. The summed E-state index contributed by atoms with van der Waals surface area (Å²) in [6, 6.07) is 10.9. The summed E-state index contributed by atoms with van der Waals surface area (Å²) in [6.45, 7) is 2.23. The summed E-state index contributed by atoms with van der Waals surface area (Å²) in [4.78, 5) is 27.2. The fraction of sp³-hybridized carbons (Fsp3) is 0.640. The van der Waals surface area contributed by atoms with Crippen molar-refractivity contribution < 1.29 is 23.8 Å². The molecule has 1 aliphatic carbocycles. The molecule has 2 unspecified atom stereocenters. The average molecular weight is 458 g/mol. The number of nitrogens with one attached hydrogen (secondary N) is 1. The molecule has 2 aliphatic rings. The Morgan fingerprint density at radius 3 is 2.58 bits per heavy atom. The number of nitriles is 1. The summed E-state index contributed by atoms with van der Waals surface area (Å²) in [7, 11) is 0. The molecule has 0 spiro atoms. The van der Waals surface area contributed by atoms with Crippen LogP contribution < -0.4 is 5.32 Å². The number of rotatable bonds is 10. The van der Waals surface area contributed by atoms with Gasteiger partial charge in [-0.15, -0.1) is 0 Å². The predicted octanol–water partition coefficient (Wildman–Crippen LogP) is 3.41. The van der Waals surface area contributed by atoms with Crippen molar-refractivity contribution in [1.82, 2.24) is 10.2 Å². The Hall–Kier alpha value is -2.63. The van der Waals surface area contributed by atoms with Gasteiger partial charge in [0.05, 0.1) is 32.5 Å². The highest BCUT2D eigenvalue weighted by Crippen LogP contribution is 2.28. The fourth-order valence-corrected chi connectivity index (χ4v) is 4.29. The molecule has 8 nitrogen and oxygen atoms in total. The van der Waals surface area contributed by atoms with E-state index in [0.717, 1.165) is 24.8 Å². The summed E-state index contributed by atoms with van der Waals surface area (Å²) < 4.78 is 16.5. The molecule has 3 rings (SSSR count). The first-order chi connectivity index (χ1) is 16.2. The molecule has 180 valence electrons. The van der Waals surface area contributed by atoms with E-state index in [1.54, 1.807) is 4.90 Å². The van der Waals surface area contributed by atoms with Gasteiger partial charge in [-0.2, -0.15) is 5.26 Å². The normalized spacial score (nSPS) is 18.7. The number of carbonyl (C=O) groups excluding carboxylic acids is 2. The van der Waals surface area contributed by atoms with Crippen LogP contribution in [0.1, 0.15) is 50.5 Å². The summed E-state index contributed by atoms with van der Waals surface area (Å²) in [5.74, 6) is 0.111. The number of amides is 2. The van der Waals surface area contributed by atoms with Crippen molar-refractivity contribution >= 4 is 12.0 Å². The topological polar surface area (TPSA) is 101 Å². The molecule has 1 aromatic rings. The van der Waals surface area contributed by atoms with Crippen molar-refractivity contribution in [1.29, 1.82) is 5.26 Å². The lowest BCUT2D eigenvalue weighted by atomic mass is 9.85. The lowest BCUT2D eigenvalue weighted by molar-refractivity contribution is -0.131. The maximum atomic E-state index is 13.0. The van der Waals surface area contributed by atoms with Crippen LogP contribution in [0.25, 0.3) is 0 Å². The molecule has 0 aromatic heterocycles. The molecular weight excluding hydrogens is 422 g/mol. The standard InChI is InChI=1S/C25H35N3O5/c26-17-22(19-32-18-21-9-5-2-6-10-21)27-24(29)23(12-11-20-7-3-1-4-8-20)33-25(30)28-13-15-31-16-14-28/h2,5-6,9-10,20,22-23H,1,3-4,7-8,11-16,18-19H2,(H,27,29). The molecule has 1 N–H and O–H groups in total. The van der Waals surface area contributed by atoms with Crippen molar-refractivity contribution in [2.75, 3.05) is 32.9 Å². The SMILES string of the molecule is N#CC(COCc1ccccc1)NC(=O)C(CCC1CCCCC1)OC(=O)N1CCOCC1. The number of carbonyl (C=O) groups is 2. The van der Waals surface area contributed by atoms with Crippen LogP contribution >= 0.6 is 0 Å². The monoisotopic (exact) mass is 457 g/mol. The van der Waals surface area contributed by atoms with Gasteiger partial charge < -0.3 is 24.4 Å². The van der Waals surface area contributed by atoms with E-state index in [0.29, 0.717) is 45.2 Å². The number of hydrogen-bond acceptors (Lipinski definition) is 6. The minimum atomic E-state index is -0.924. The zero-order valence-electron chi connectivity index (χ0n) is 19.2. The van der Waals surface area contributed by atoms with E-state index >= 15 is 0 Å². The van der Waals surface area contributed by atoms with E-state index < -0.39 is 24.1 Å². The molecule has 1 saturated heterocycles.